The van der Waals surface area contributed by atoms with Gasteiger partial charge in [-0.25, -0.2) is 4.39 Å². The first-order valence-corrected chi connectivity index (χ1v) is 7.64. The highest BCUT2D eigenvalue weighted by atomic mass is 32.2. The lowest BCUT2D eigenvalue weighted by Gasteiger charge is -2.24. The van der Waals surface area contributed by atoms with Gasteiger partial charge >= 0.3 is 6.18 Å². The van der Waals surface area contributed by atoms with Gasteiger partial charge < -0.3 is 4.74 Å². The molecule has 0 amide bonds. The molecule has 1 rings (SSSR count). The molecule has 1 aromatic rings. The van der Waals surface area contributed by atoms with Crippen molar-refractivity contribution >= 4 is 10.2 Å². The van der Waals surface area contributed by atoms with Gasteiger partial charge in [0.2, 0.25) is 0 Å². The van der Waals surface area contributed by atoms with Crippen LogP contribution in [0.4, 0.5) is 17.6 Å². The largest absolute Gasteiger partial charge is 0.402 e. The molecule has 0 saturated heterocycles. The lowest BCUT2D eigenvalue weighted by Crippen LogP contribution is -2.46. The van der Waals surface area contributed by atoms with Crippen molar-refractivity contribution in [3.8, 4) is 0 Å². The van der Waals surface area contributed by atoms with E-state index in [0.29, 0.717) is 5.56 Å². The normalized spacial score (nSPS) is 15.5. The smallest absolute Gasteiger partial charge is 0.375 e. The molecule has 0 heterocycles. The topological polar surface area (TPSA) is 67.4 Å². The summed E-state index contributed by atoms with van der Waals surface area (Å²) in [6.07, 6.45) is -5.45. The van der Waals surface area contributed by atoms with Crippen molar-refractivity contribution < 1.29 is 30.7 Å². The molecule has 22 heavy (non-hydrogen) atoms. The van der Waals surface area contributed by atoms with Gasteiger partial charge in [0.05, 0.1) is 12.1 Å². The van der Waals surface area contributed by atoms with Crippen LogP contribution in [0.15, 0.2) is 24.3 Å². The molecule has 0 aliphatic rings. The minimum atomic E-state index is -4.66. The summed E-state index contributed by atoms with van der Waals surface area (Å²) < 4.78 is 80.6. The van der Waals surface area contributed by atoms with E-state index in [4.69, 9.17) is 4.74 Å². The monoisotopic (exact) mass is 344 g/mol. The van der Waals surface area contributed by atoms with Gasteiger partial charge in [-0.3, -0.25) is 0 Å². The molecule has 1 aromatic carbocycles. The Hall–Kier alpha value is -1.23. The van der Waals surface area contributed by atoms with Gasteiger partial charge in [0.15, 0.2) is 0 Å². The fourth-order valence-electron chi connectivity index (χ4n) is 1.81. The Kier molecular flexibility index (Phi) is 6.29. The standard InChI is InChI=1S/C12H16F4N2O3S/c1-8(18-22(19,20)17-7-12(14,15)16)11(21-2)9-3-5-10(13)6-4-9/h3-6,8,11,17-18H,7H2,1-2H3/t8-,11-/m0/s1. The zero-order valence-electron chi connectivity index (χ0n) is 11.8. The second-order valence-electron chi connectivity index (χ2n) is 4.55. The molecule has 10 heteroatoms. The van der Waals surface area contributed by atoms with E-state index >= 15 is 0 Å². The molecule has 126 valence electrons. The average Bonchev–Trinajstić information content (AvgIpc) is 2.38. The molecule has 2 atom stereocenters. The number of rotatable bonds is 7. The van der Waals surface area contributed by atoms with Gasteiger partial charge in [0.1, 0.15) is 12.4 Å². The van der Waals surface area contributed by atoms with E-state index in [9.17, 15) is 26.0 Å². The Morgan fingerprint density at radius 1 is 1.23 bits per heavy atom. The first kappa shape index (κ1) is 18.8. The highest BCUT2D eigenvalue weighted by Gasteiger charge is 2.31. The second-order valence-corrected chi connectivity index (χ2v) is 6.09. The predicted molar refractivity (Wildman–Crippen MR) is 71.7 cm³/mol. The number of ether oxygens (including phenoxy) is 1. The molecule has 0 aliphatic heterocycles. The number of benzene rings is 1. The van der Waals surface area contributed by atoms with Crippen LogP contribution < -0.4 is 9.44 Å². The molecule has 0 fully saturated rings. The molecule has 0 saturated carbocycles. The Morgan fingerprint density at radius 3 is 2.23 bits per heavy atom. The van der Waals surface area contributed by atoms with Crippen molar-refractivity contribution in [1.29, 1.82) is 0 Å². The fourth-order valence-corrected chi connectivity index (χ4v) is 2.86. The summed E-state index contributed by atoms with van der Waals surface area (Å²) in [5, 5.41) is 0. The van der Waals surface area contributed by atoms with E-state index in [2.05, 4.69) is 0 Å². The number of halogens is 4. The minimum absolute atomic E-state index is 0.473. The van der Waals surface area contributed by atoms with Crippen LogP contribution in [0.2, 0.25) is 0 Å². The van der Waals surface area contributed by atoms with Crippen LogP contribution in [0.25, 0.3) is 0 Å². The van der Waals surface area contributed by atoms with E-state index in [-0.39, 0.29) is 0 Å². The van der Waals surface area contributed by atoms with Crippen molar-refractivity contribution in [3.05, 3.63) is 35.6 Å². The Labute approximate surface area is 125 Å². The maximum Gasteiger partial charge on any atom is 0.402 e. The number of nitrogens with one attached hydrogen (secondary N) is 2. The zero-order chi connectivity index (χ0) is 17.0. The average molecular weight is 344 g/mol. The van der Waals surface area contributed by atoms with Crippen LogP contribution in [0.3, 0.4) is 0 Å². The number of alkyl halides is 3. The molecule has 0 aromatic heterocycles. The molecule has 2 N–H and O–H groups in total. The van der Waals surface area contributed by atoms with Crippen molar-refractivity contribution in [2.24, 2.45) is 0 Å². The highest BCUT2D eigenvalue weighted by molar-refractivity contribution is 7.87. The summed E-state index contributed by atoms with van der Waals surface area (Å²) in [6, 6.07) is 4.27. The Morgan fingerprint density at radius 2 is 1.77 bits per heavy atom. The Balaban J connectivity index is 2.76. The highest BCUT2D eigenvalue weighted by Crippen LogP contribution is 2.21. The third kappa shape index (κ3) is 6.26. The third-order valence-corrected chi connectivity index (χ3v) is 3.92. The molecule has 0 bridgehead atoms. The first-order chi connectivity index (χ1) is 10.0. The fraction of sp³-hybridized carbons (Fsp3) is 0.500. The SMILES string of the molecule is CO[C@H](c1ccc(F)cc1)[C@H](C)NS(=O)(=O)NCC(F)(F)F. The van der Waals surface area contributed by atoms with Gasteiger partial charge in [0, 0.05) is 7.11 Å². The molecular weight excluding hydrogens is 328 g/mol. The van der Waals surface area contributed by atoms with E-state index in [1.165, 1.54) is 43.0 Å². The van der Waals surface area contributed by atoms with Gasteiger partial charge in [-0.15, -0.1) is 0 Å². The van der Waals surface area contributed by atoms with Crippen LogP contribution in [-0.2, 0) is 14.9 Å². The summed E-state index contributed by atoms with van der Waals surface area (Å²) in [4.78, 5) is 0. The lowest BCUT2D eigenvalue weighted by atomic mass is 10.0. The van der Waals surface area contributed by atoms with E-state index < -0.39 is 40.9 Å². The second kappa shape index (κ2) is 7.36. The molecule has 0 spiro atoms. The van der Waals surface area contributed by atoms with Crippen molar-refractivity contribution in [3.63, 3.8) is 0 Å². The number of hydrogen-bond donors (Lipinski definition) is 2. The van der Waals surface area contributed by atoms with Gasteiger partial charge in [0.25, 0.3) is 10.2 Å². The molecular formula is C12H16F4N2O3S. The summed E-state index contributed by atoms with van der Waals surface area (Å²) in [5.74, 6) is -0.473. The van der Waals surface area contributed by atoms with Crippen LogP contribution in [0.5, 0.6) is 0 Å². The van der Waals surface area contributed by atoms with Gasteiger partial charge in [-0.2, -0.15) is 31.0 Å². The number of methoxy groups -OCH3 is 1. The van der Waals surface area contributed by atoms with E-state index in [1.54, 1.807) is 0 Å². The maximum atomic E-state index is 12.9. The summed E-state index contributed by atoms with van der Waals surface area (Å²) in [6.45, 7) is -0.256. The van der Waals surface area contributed by atoms with Crippen molar-refractivity contribution in [2.75, 3.05) is 13.7 Å². The van der Waals surface area contributed by atoms with Crippen molar-refractivity contribution in [2.45, 2.75) is 25.2 Å². The zero-order valence-corrected chi connectivity index (χ0v) is 12.6. The van der Waals surface area contributed by atoms with Gasteiger partial charge in [-0.05, 0) is 24.6 Å². The van der Waals surface area contributed by atoms with Crippen LogP contribution >= 0.6 is 0 Å². The van der Waals surface area contributed by atoms with Gasteiger partial charge in [-0.1, -0.05) is 12.1 Å². The number of hydrogen-bond acceptors (Lipinski definition) is 3. The molecule has 0 unspecified atom stereocenters. The molecule has 5 nitrogen and oxygen atoms in total. The minimum Gasteiger partial charge on any atom is -0.375 e. The van der Waals surface area contributed by atoms with Crippen LogP contribution in [0.1, 0.15) is 18.6 Å². The van der Waals surface area contributed by atoms with Crippen LogP contribution in [0, 0.1) is 5.82 Å². The quantitative estimate of drug-likeness (QED) is 0.743. The van der Waals surface area contributed by atoms with Crippen molar-refractivity contribution in [1.82, 2.24) is 9.44 Å². The summed E-state index contributed by atoms with van der Waals surface area (Å²) in [5.41, 5.74) is 0.481. The summed E-state index contributed by atoms with van der Waals surface area (Å²) in [7, 11) is -3.05. The molecule has 0 radical (unpaired) electrons. The van der Waals surface area contributed by atoms with E-state index in [1.807, 2.05) is 4.72 Å². The lowest BCUT2D eigenvalue weighted by molar-refractivity contribution is -0.121. The van der Waals surface area contributed by atoms with Crippen LogP contribution in [-0.4, -0.2) is 34.3 Å². The molecule has 0 aliphatic carbocycles. The Bertz CT molecular complexity index is 575. The first-order valence-electron chi connectivity index (χ1n) is 6.16. The third-order valence-electron chi connectivity index (χ3n) is 2.71. The van der Waals surface area contributed by atoms with E-state index in [0.717, 1.165) is 0 Å². The maximum absolute atomic E-state index is 12.9. The predicted octanol–water partition coefficient (Wildman–Crippen LogP) is 1.89. The summed E-state index contributed by atoms with van der Waals surface area (Å²) >= 11 is 0.